The van der Waals surface area contributed by atoms with E-state index in [1.807, 2.05) is 6.92 Å². The first-order valence-electron chi connectivity index (χ1n) is 8.54. The summed E-state index contributed by atoms with van der Waals surface area (Å²) in [4.78, 5) is 26.2. The second-order valence-electron chi connectivity index (χ2n) is 6.68. The molecule has 7 nitrogen and oxygen atoms in total. The maximum absolute atomic E-state index is 11.3. The molecule has 0 fully saturated rings. The Morgan fingerprint density at radius 2 is 1.54 bits per heavy atom. The first kappa shape index (κ1) is 25.5. The Kier molecular flexibility index (Phi) is 11.8. The number of hydrogen-bond acceptors (Lipinski definition) is 4. The van der Waals surface area contributed by atoms with Crippen molar-refractivity contribution in [3.8, 4) is 0 Å². The zero-order valence-electron chi connectivity index (χ0n) is 16.2. The zero-order chi connectivity index (χ0) is 20.4. The van der Waals surface area contributed by atoms with Crippen molar-refractivity contribution in [3.63, 3.8) is 0 Å². The third kappa shape index (κ3) is 14.6. The van der Waals surface area contributed by atoms with E-state index in [0.29, 0.717) is 5.92 Å². The molecule has 0 aromatic rings. The highest BCUT2D eigenvalue weighted by Gasteiger charge is 2.31. The summed E-state index contributed by atoms with van der Waals surface area (Å²) in [7, 11) is -9.85. The van der Waals surface area contributed by atoms with Crippen LogP contribution in [0.1, 0.15) is 60.3 Å². The molecule has 0 amide bonds. The lowest BCUT2D eigenvalue weighted by Crippen LogP contribution is -1.95. The fourth-order valence-corrected chi connectivity index (χ4v) is 3.70. The van der Waals surface area contributed by atoms with Crippen molar-refractivity contribution >= 4 is 15.6 Å². The van der Waals surface area contributed by atoms with Gasteiger partial charge in [0.05, 0.1) is 6.61 Å². The van der Waals surface area contributed by atoms with Gasteiger partial charge in [0, 0.05) is 0 Å². The Bertz CT molecular complexity index is 611. The highest BCUT2D eigenvalue weighted by molar-refractivity contribution is 7.60. The van der Waals surface area contributed by atoms with Crippen LogP contribution >= 0.6 is 15.6 Å². The molecule has 26 heavy (non-hydrogen) atoms. The van der Waals surface area contributed by atoms with Gasteiger partial charge in [0.2, 0.25) is 0 Å². The lowest BCUT2D eigenvalue weighted by Gasteiger charge is -2.12. The molecule has 0 aromatic carbocycles. The van der Waals surface area contributed by atoms with E-state index in [2.05, 4.69) is 48.7 Å². The highest BCUT2D eigenvalue weighted by Crippen LogP contribution is 2.57. The van der Waals surface area contributed by atoms with Crippen LogP contribution in [0, 0.1) is 5.92 Å². The average Bonchev–Trinajstić information content (AvgIpc) is 2.42. The van der Waals surface area contributed by atoms with E-state index in [1.165, 1.54) is 11.1 Å². The van der Waals surface area contributed by atoms with Crippen molar-refractivity contribution in [1.82, 2.24) is 0 Å². The maximum Gasteiger partial charge on any atom is 0.481 e. The van der Waals surface area contributed by atoms with Crippen molar-refractivity contribution in [1.29, 1.82) is 0 Å². The molecule has 0 saturated carbocycles. The van der Waals surface area contributed by atoms with Crippen LogP contribution < -0.4 is 0 Å². The third-order valence-electron chi connectivity index (χ3n) is 3.55. The molecule has 0 aliphatic carbocycles. The van der Waals surface area contributed by atoms with Gasteiger partial charge in [0.25, 0.3) is 0 Å². The van der Waals surface area contributed by atoms with Gasteiger partial charge >= 0.3 is 15.6 Å². The van der Waals surface area contributed by atoms with Crippen LogP contribution in [0.2, 0.25) is 0 Å². The van der Waals surface area contributed by atoms with Gasteiger partial charge in [-0.3, -0.25) is 4.52 Å². The normalized spacial score (nSPS) is 15.9. The van der Waals surface area contributed by atoms with Crippen molar-refractivity contribution in [2.45, 2.75) is 60.3 Å². The van der Waals surface area contributed by atoms with Crippen LogP contribution in [-0.2, 0) is 18.0 Å². The van der Waals surface area contributed by atoms with Gasteiger partial charge in [0.15, 0.2) is 0 Å². The van der Waals surface area contributed by atoms with Crippen molar-refractivity contribution in [2.24, 2.45) is 5.92 Å². The minimum Gasteiger partial charge on any atom is -0.302 e. The third-order valence-corrected chi connectivity index (χ3v) is 5.70. The SMILES string of the molecule is CC(C)=CCC/C(=C/CC/C(C)=C/COP(=O)(O)OP(=O)(O)O)C(C)C. The summed E-state index contributed by atoms with van der Waals surface area (Å²) in [6.45, 7) is 10.1. The second kappa shape index (κ2) is 12.0. The molecule has 0 spiro atoms. The van der Waals surface area contributed by atoms with Gasteiger partial charge in [0.1, 0.15) is 0 Å². The van der Waals surface area contributed by atoms with Crippen LogP contribution in [0.25, 0.3) is 0 Å². The molecule has 0 saturated heterocycles. The first-order valence-corrected chi connectivity index (χ1v) is 11.6. The van der Waals surface area contributed by atoms with E-state index in [1.54, 1.807) is 6.08 Å². The molecule has 0 aliphatic rings. The standard InChI is InChI=1S/C17H32O7P2/c1-14(2)8-6-10-17(15(3)4)11-7-9-16(5)12-13-23-26(21,22)24-25(18,19)20/h8,11-12,15H,6-7,9-10,13H2,1-5H3,(H,21,22)(H2,18,19,20)/b16-12+,17-11-. The maximum atomic E-state index is 11.3. The quantitative estimate of drug-likeness (QED) is 0.297. The number of hydrogen-bond donors (Lipinski definition) is 3. The van der Waals surface area contributed by atoms with E-state index >= 15 is 0 Å². The van der Waals surface area contributed by atoms with Crippen LogP contribution in [0.15, 0.2) is 34.9 Å². The molecule has 0 radical (unpaired) electrons. The van der Waals surface area contributed by atoms with E-state index in [0.717, 1.165) is 31.3 Å². The molecule has 0 aliphatic heterocycles. The fourth-order valence-electron chi connectivity index (χ4n) is 2.17. The summed E-state index contributed by atoms with van der Waals surface area (Å²) in [5, 5.41) is 0. The molecule has 3 N–H and O–H groups in total. The topological polar surface area (TPSA) is 113 Å². The second-order valence-corrected chi connectivity index (χ2v) is 9.51. The molecule has 0 aromatic heterocycles. The summed E-state index contributed by atoms with van der Waals surface area (Å²) >= 11 is 0. The smallest absolute Gasteiger partial charge is 0.302 e. The molecule has 0 bridgehead atoms. The summed E-state index contributed by atoms with van der Waals surface area (Å²) in [6, 6.07) is 0. The number of rotatable bonds is 12. The van der Waals surface area contributed by atoms with Gasteiger partial charge in [-0.05, 0) is 52.4 Å². The molecule has 152 valence electrons. The summed E-state index contributed by atoms with van der Waals surface area (Å²) in [5.41, 5.74) is 3.67. The van der Waals surface area contributed by atoms with Gasteiger partial charge in [-0.2, -0.15) is 4.31 Å². The largest absolute Gasteiger partial charge is 0.481 e. The lowest BCUT2D eigenvalue weighted by molar-refractivity contribution is 0.191. The molecule has 9 heteroatoms. The highest BCUT2D eigenvalue weighted by atomic mass is 31.3. The fraction of sp³-hybridized carbons (Fsp3) is 0.647. The zero-order valence-corrected chi connectivity index (χ0v) is 18.0. The van der Waals surface area contributed by atoms with Gasteiger partial charge < -0.3 is 14.7 Å². The molecular weight excluding hydrogens is 378 g/mol. The van der Waals surface area contributed by atoms with Crippen molar-refractivity contribution in [2.75, 3.05) is 6.61 Å². The van der Waals surface area contributed by atoms with Gasteiger partial charge in [-0.1, -0.05) is 48.8 Å². The number of allylic oxidation sites excluding steroid dienone is 5. The van der Waals surface area contributed by atoms with E-state index in [4.69, 9.17) is 14.7 Å². The molecule has 1 atom stereocenters. The van der Waals surface area contributed by atoms with Crippen LogP contribution in [-0.4, -0.2) is 21.3 Å². The molecule has 0 rings (SSSR count). The van der Waals surface area contributed by atoms with Crippen molar-refractivity contribution < 1.29 is 32.6 Å². The van der Waals surface area contributed by atoms with Gasteiger partial charge in [-0.15, -0.1) is 0 Å². The summed E-state index contributed by atoms with van der Waals surface area (Å²) in [5.74, 6) is 0.484. The lowest BCUT2D eigenvalue weighted by atomic mass is 9.96. The predicted molar refractivity (Wildman–Crippen MR) is 103 cm³/mol. The Morgan fingerprint density at radius 3 is 2.04 bits per heavy atom. The van der Waals surface area contributed by atoms with Crippen LogP contribution in [0.3, 0.4) is 0 Å². The summed E-state index contributed by atoms with van der Waals surface area (Å²) < 4.78 is 30.1. The monoisotopic (exact) mass is 410 g/mol. The Balaban J connectivity index is 4.46. The molecule has 1 unspecified atom stereocenters. The Morgan fingerprint density at radius 1 is 0.962 bits per heavy atom. The number of phosphoric ester groups is 1. The van der Waals surface area contributed by atoms with Crippen LogP contribution in [0.5, 0.6) is 0 Å². The van der Waals surface area contributed by atoms with E-state index in [-0.39, 0.29) is 6.61 Å². The molecule has 0 heterocycles. The minimum absolute atomic E-state index is 0.263. The van der Waals surface area contributed by atoms with Crippen LogP contribution in [0.4, 0.5) is 0 Å². The Hall–Kier alpha value is -0.520. The van der Waals surface area contributed by atoms with Gasteiger partial charge in [-0.25, -0.2) is 9.13 Å². The number of phosphoric acid groups is 2. The average molecular weight is 410 g/mol. The predicted octanol–water partition coefficient (Wildman–Crippen LogP) is 5.27. The van der Waals surface area contributed by atoms with E-state index in [9.17, 15) is 9.13 Å². The summed E-state index contributed by atoms with van der Waals surface area (Å²) in [6.07, 6.45) is 9.72. The molecular formula is C17H32O7P2. The first-order chi connectivity index (χ1) is 11.8. The minimum atomic E-state index is -5.08. The van der Waals surface area contributed by atoms with Crippen molar-refractivity contribution in [3.05, 3.63) is 34.9 Å². The van der Waals surface area contributed by atoms with E-state index < -0.39 is 15.6 Å². The Labute approximate surface area is 156 Å².